The molecule has 3 heteroatoms. The van der Waals surface area contributed by atoms with E-state index < -0.39 is 0 Å². The summed E-state index contributed by atoms with van der Waals surface area (Å²) >= 11 is 1.79. The van der Waals surface area contributed by atoms with Gasteiger partial charge >= 0.3 is 0 Å². The third-order valence-electron chi connectivity index (χ3n) is 3.64. The van der Waals surface area contributed by atoms with Crippen molar-refractivity contribution >= 4 is 11.3 Å². The summed E-state index contributed by atoms with van der Waals surface area (Å²) in [7, 11) is 2.24. The van der Waals surface area contributed by atoms with Crippen LogP contribution in [0.15, 0.2) is 16.8 Å². The molecule has 1 aliphatic rings. The minimum absolute atomic E-state index is 0.978. The van der Waals surface area contributed by atoms with Gasteiger partial charge in [0.2, 0.25) is 0 Å². The molecule has 0 unspecified atom stereocenters. The Morgan fingerprint density at radius 2 is 2.24 bits per heavy atom. The average molecular weight is 252 g/mol. The van der Waals surface area contributed by atoms with Crippen molar-refractivity contribution in [2.45, 2.75) is 32.2 Å². The van der Waals surface area contributed by atoms with Crippen molar-refractivity contribution in [3.63, 3.8) is 0 Å². The Morgan fingerprint density at radius 1 is 1.41 bits per heavy atom. The van der Waals surface area contributed by atoms with Crippen LogP contribution < -0.4 is 5.32 Å². The van der Waals surface area contributed by atoms with Gasteiger partial charge in [-0.1, -0.05) is 0 Å². The molecule has 2 heterocycles. The van der Waals surface area contributed by atoms with Gasteiger partial charge in [0.25, 0.3) is 0 Å². The highest BCUT2D eigenvalue weighted by Crippen LogP contribution is 2.18. The Kier molecular flexibility index (Phi) is 5.49. The molecule has 0 aliphatic carbocycles. The van der Waals surface area contributed by atoms with Crippen molar-refractivity contribution in [1.82, 2.24) is 10.2 Å². The number of nitrogens with one attached hydrogen (secondary N) is 1. The zero-order chi connectivity index (χ0) is 11.9. The summed E-state index contributed by atoms with van der Waals surface area (Å²) in [5.41, 5.74) is 1.46. The molecule has 96 valence electrons. The summed E-state index contributed by atoms with van der Waals surface area (Å²) < 4.78 is 0. The van der Waals surface area contributed by atoms with E-state index >= 15 is 0 Å². The van der Waals surface area contributed by atoms with E-state index in [9.17, 15) is 0 Å². The summed E-state index contributed by atoms with van der Waals surface area (Å²) in [5, 5.41) is 7.85. The predicted octanol–water partition coefficient (Wildman–Crippen LogP) is 2.96. The zero-order valence-corrected chi connectivity index (χ0v) is 11.6. The van der Waals surface area contributed by atoms with Gasteiger partial charge in [-0.15, -0.1) is 0 Å². The van der Waals surface area contributed by atoms with Crippen molar-refractivity contribution < 1.29 is 0 Å². The van der Waals surface area contributed by atoms with Crippen molar-refractivity contribution in [1.29, 1.82) is 0 Å². The van der Waals surface area contributed by atoms with Gasteiger partial charge in [0.05, 0.1) is 0 Å². The first kappa shape index (κ1) is 13.1. The summed E-state index contributed by atoms with van der Waals surface area (Å²) in [6, 6.07) is 2.23. The minimum atomic E-state index is 0.978. The van der Waals surface area contributed by atoms with Gasteiger partial charge in [-0.25, -0.2) is 0 Å². The molecular weight excluding hydrogens is 228 g/mol. The Labute approximate surface area is 109 Å². The van der Waals surface area contributed by atoms with E-state index in [1.54, 1.807) is 11.3 Å². The van der Waals surface area contributed by atoms with Crippen LogP contribution in [0.5, 0.6) is 0 Å². The van der Waals surface area contributed by atoms with Gasteiger partial charge in [0.15, 0.2) is 0 Å². The number of hydrogen-bond donors (Lipinski definition) is 1. The minimum Gasteiger partial charge on any atom is -0.317 e. The van der Waals surface area contributed by atoms with Gasteiger partial charge in [-0.05, 0) is 80.7 Å². The summed E-state index contributed by atoms with van der Waals surface area (Å²) in [5.74, 6) is 0.978. The van der Waals surface area contributed by atoms with Gasteiger partial charge < -0.3 is 10.2 Å². The van der Waals surface area contributed by atoms with Gasteiger partial charge in [0, 0.05) is 6.54 Å². The van der Waals surface area contributed by atoms with Crippen LogP contribution in [0.25, 0.3) is 0 Å². The zero-order valence-electron chi connectivity index (χ0n) is 10.8. The summed E-state index contributed by atoms with van der Waals surface area (Å²) in [6.45, 7) is 4.81. The number of thiophene rings is 1. The second-order valence-corrected chi connectivity index (χ2v) is 5.99. The van der Waals surface area contributed by atoms with Gasteiger partial charge in [0.1, 0.15) is 0 Å². The molecule has 0 radical (unpaired) electrons. The Bertz CT molecular complexity index is 291. The smallest absolute Gasteiger partial charge is 0.0238 e. The SMILES string of the molecule is CN(CCCC1CCNCC1)Cc1ccsc1. The van der Waals surface area contributed by atoms with E-state index in [0.717, 1.165) is 12.5 Å². The second kappa shape index (κ2) is 7.14. The molecule has 1 aliphatic heterocycles. The lowest BCUT2D eigenvalue weighted by molar-refractivity contribution is 0.286. The Hall–Kier alpha value is -0.380. The molecule has 0 aromatic carbocycles. The lowest BCUT2D eigenvalue weighted by Crippen LogP contribution is -2.28. The van der Waals surface area contributed by atoms with Gasteiger partial charge in [-0.2, -0.15) is 11.3 Å². The maximum atomic E-state index is 3.43. The van der Waals surface area contributed by atoms with E-state index in [1.165, 1.54) is 50.9 Å². The van der Waals surface area contributed by atoms with Crippen LogP contribution in [0.1, 0.15) is 31.2 Å². The molecule has 0 atom stereocenters. The largest absolute Gasteiger partial charge is 0.317 e. The summed E-state index contributed by atoms with van der Waals surface area (Å²) in [6.07, 6.45) is 5.53. The van der Waals surface area contributed by atoms with E-state index in [0.29, 0.717) is 0 Å². The summed E-state index contributed by atoms with van der Waals surface area (Å²) in [4.78, 5) is 2.45. The van der Waals surface area contributed by atoms with E-state index in [1.807, 2.05) is 0 Å². The highest BCUT2D eigenvalue weighted by Gasteiger charge is 2.12. The number of hydrogen-bond acceptors (Lipinski definition) is 3. The third kappa shape index (κ3) is 4.78. The van der Waals surface area contributed by atoms with Crippen LogP contribution in [-0.2, 0) is 6.54 Å². The molecule has 0 spiro atoms. The highest BCUT2D eigenvalue weighted by molar-refractivity contribution is 7.07. The van der Waals surface area contributed by atoms with Crippen molar-refractivity contribution in [3.8, 4) is 0 Å². The molecule has 1 fully saturated rings. The molecule has 0 bridgehead atoms. The Balaban J connectivity index is 1.58. The lowest BCUT2D eigenvalue weighted by Gasteiger charge is -2.23. The standard InChI is InChI=1S/C14H24N2S/c1-16(11-14-6-10-17-12-14)9-2-3-13-4-7-15-8-5-13/h6,10,12-13,15H,2-5,7-9,11H2,1H3. The van der Waals surface area contributed by atoms with E-state index in [2.05, 4.69) is 34.1 Å². The van der Waals surface area contributed by atoms with Crippen LogP contribution in [0.4, 0.5) is 0 Å². The lowest BCUT2D eigenvalue weighted by atomic mass is 9.93. The molecule has 1 saturated heterocycles. The van der Waals surface area contributed by atoms with Crippen molar-refractivity contribution in [3.05, 3.63) is 22.4 Å². The second-order valence-electron chi connectivity index (χ2n) is 5.20. The molecule has 0 saturated carbocycles. The first-order valence-corrected chi connectivity index (χ1v) is 7.69. The Morgan fingerprint density at radius 3 is 2.94 bits per heavy atom. The van der Waals surface area contributed by atoms with Gasteiger partial charge in [-0.3, -0.25) is 0 Å². The van der Waals surface area contributed by atoms with Crippen LogP contribution in [-0.4, -0.2) is 31.6 Å². The molecule has 1 aromatic heterocycles. The molecule has 17 heavy (non-hydrogen) atoms. The number of nitrogens with zero attached hydrogens (tertiary/aromatic N) is 1. The fourth-order valence-corrected chi connectivity index (χ4v) is 3.25. The number of rotatable bonds is 6. The number of piperidine rings is 1. The van der Waals surface area contributed by atoms with Crippen molar-refractivity contribution in [2.24, 2.45) is 5.92 Å². The average Bonchev–Trinajstić information content (AvgIpc) is 2.83. The molecule has 2 rings (SSSR count). The van der Waals surface area contributed by atoms with Crippen LogP contribution >= 0.6 is 11.3 Å². The molecule has 1 N–H and O–H groups in total. The fourth-order valence-electron chi connectivity index (χ4n) is 2.59. The molecule has 1 aromatic rings. The normalized spacial score (nSPS) is 17.8. The first-order chi connectivity index (χ1) is 8.34. The maximum Gasteiger partial charge on any atom is 0.0238 e. The molecular formula is C14H24N2S. The van der Waals surface area contributed by atoms with Crippen LogP contribution in [0.2, 0.25) is 0 Å². The molecule has 2 nitrogen and oxygen atoms in total. The monoisotopic (exact) mass is 252 g/mol. The maximum absolute atomic E-state index is 3.43. The van der Waals surface area contributed by atoms with E-state index in [-0.39, 0.29) is 0 Å². The highest BCUT2D eigenvalue weighted by atomic mass is 32.1. The first-order valence-electron chi connectivity index (χ1n) is 6.75. The molecule has 0 amide bonds. The fraction of sp³-hybridized carbons (Fsp3) is 0.714. The van der Waals surface area contributed by atoms with Crippen LogP contribution in [0.3, 0.4) is 0 Å². The van der Waals surface area contributed by atoms with Crippen molar-refractivity contribution in [2.75, 3.05) is 26.7 Å². The predicted molar refractivity (Wildman–Crippen MR) is 75.5 cm³/mol. The topological polar surface area (TPSA) is 15.3 Å². The van der Waals surface area contributed by atoms with E-state index in [4.69, 9.17) is 0 Å². The quantitative estimate of drug-likeness (QED) is 0.837. The van der Waals surface area contributed by atoms with Crippen LogP contribution in [0, 0.1) is 5.92 Å². The third-order valence-corrected chi connectivity index (χ3v) is 4.38.